The third kappa shape index (κ3) is 5.30. The number of aryl methyl sites for hydroxylation is 1. The van der Waals surface area contributed by atoms with E-state index in [-0.39, 0.29) is 0 Å². The summed E-state index contributed by atoms with van der Waals surface area (Å²) in [4.78, 5) is 27.3. The van der Waals surface area contributed by atoms with E-state index < -0.39 is 0 Å². The van der Waals surface area contributed by atoms with Crippen LogP contribution in [0.4, 0.5) is 17.7 Å². The maximum absolute atomic E-state index is 4.63. The number of piperazine rings is 1. The molecule has 1 fully saturated rings. The molecule has 1 saturated heterocycles. The minimum atomic E-state index is 0.412. The molecule has 2 aromatic rings. The third-order valence-electron chi connectivity index (χ3n) is 4.85. The van der Waals surface area contributed by atoms with E-state index in [4.69, 9.17) is 0 Å². The van der Waals surface area contributed by atoms with Gasteiger partial charge in [-0.25, -0.2) is 9.97 Å². The van der Waals surface area contributed by atoms with Crippen LogP contribution in [-0.2, 0) is 6.42 Å². The zero-order valence-corrected chi connectivity index (χ0v) is 17.6. The first kappa shape index (κ1) is 19.8. The summed E-state index contributed by atoms with van der Waals surface area (Å²) < 4.78 is 0. The van der Waals surface area contributed by atoms with Crippen molar-refractivity contribution in [2.45, 2.75) is 30.0 Å². The molecule has 1 atom stereocenters. The van der Waals surface area contributed by atoms with E-state index in [0.717, 1.165) is 55.8 Å². The van der Waals surface area contributed by atoms with Crippen LogP contribution in [0.3, 0.4) is 0 Å². The Kier molecular flexibility index (Phi) is 6.36. The standard InChI is InChI=1S/C20H26N8S/c1-3-16-23-19(26-20(25-16)28-11-9-27(2)10-12-28)24-17-13-22-18(14-21-17)29-15-7-5-4-6-8-15/h4-7,13-15H,3,8-12H2,1-2H3,(H,21,23,24,25,26). The Balaban J connectivity index is 1.44. The number of likely N-dealkylation sites (N-methyl/N-ethyl adjacent to an activating group) is 1. The van der Waals surface area contributed by atoms with Crippen LogP contribution < -0.4 is 10.2 Å². The van der Waals surface area contributed by atoms with Gasteiger partial charge in [-0.3, -0.25) is 0 Å². The van der Waals surface area contributed by atoms with Gasteiger partial charge >= 0.3 is 0 Å². The summed E-state index contributed by atoms with van der Waals surface area (Å²) in [5.41, 5.74) is 0. The zero-order valence-electron chi connectivity index (χ0n) is 16.8. The van der Waals surface area contributed by atoms with E-state index in [2.05, 4.69) is 71.4 Å². The summed E-state index contributed by atoms with van der Waals surface area (Å²) >= 11 is 1.72. The van der Waals surface area contributed by atoms with E-state index in [1.54, 1.807) is 24.2 Å². The Hall–Kier alpha value is -2.52. The highest BCUT2D eigenvalue weighted by Gasteiger charge is 2.18. The van der Waals surface area contributed by atoms with Crippen LogP contribution in [-0.4, -0.2) is 68.3 Å². The molecule has 0 spiro atoms. The van der Waals surface area contributed by atoms with Gasteiger partial charge in [0.2, 0.25) is 11.9 Å². The van der Waals surface area contributed by atoms with Gasteiger partial charge in [-0.1, -0.05) is 43.0 Å². The number of hydrogen-bond acceptors (Lipinski definition) is 9. The SMILES string of the molecule is CCc1nc(Nc2cnc(SC3C=CC=CC3)cn2)nc(N2CCN(C)CC2)n1. The van der Waals surface area contributed by atoms with Gasteiger partial charge in [0.15, 0.2) is 5.82 Å². The van der Waals surface area contributed by atoms with Gasteiger partial charge in [0, 0.05) is 37.8 Å². The lowest BCUT2D eigenvalue weighted by Crippen LogP contribution is -2.45. The Morgan fingerprint density at radius 2 is 1.93 bits per heavy atom. The summed E-state index contributed by atoms with van der Waals surface area (Å²) in [5.74, 6) is 2.64. The van der Waals surface area contributed by atoms with Crippen molar-refractivity contribution in [1.29, 1.82) is 0 Å². The molecule has 3 heterocycles. The smallest absolute Gasteiger partial charge is 0.233 e. The fourth-order valence-corrected chi connectivity index (χ4v) is 4.04. The lowest BCUT2D eigenvalue weighted by molar-refractivity contribution is 0.311. The lowest BCUT2D eigenvalue weighted by atomic mass is 10.2. The number of hydrogen-bond donors (Lipinski definition) is 1. The van der Waals surface area contributed by atoms with Crippen LogP contribution in [0.5, 0.6) is 0 Å². The second kappa shape index (κ2) is 9.32. The number of aromatic nitrogens is 5. The molecule has 0 saturated carbocycles. The Morgan fingerprint density at radius 1 is 1.07 bits per heavy atom. The molecule has 0 amide bonds. The lowest BCUT2D eigenvalue weighted by Gasteiger charge is -2.32. The van der Waals surface area contributed by atoms with Gasteiger partial charge in [0.25, 0.3) is 0 Å². The Morgan fingerprint density at radius 3 is 2.62 bits per heavy atom. The minimum absolute atomic E-state index is 0.412. The average molecular weight is 411 g/mol. The largest absolute Gasteiger partial charge is 0.338 e. The topological polar surface area (TPSA) is 83.0 Å². The maximum Gasteiger partial charge on any atom is 0.233 e. The predicted octanol–water partition coefficient (Wildman–Crippen LogP) is 2.70. The number of nitrogens with one attached hydrogen (secondary N) is 1. The quantitative estimate of drug-likeness (QED) is 0.773. The van der Waals surface area contributed by atoms with Crippen LogP contribution in [0, 0.1) is 0 Å². The molecule has 1 aliphatic carbocycles. The summed E-state index contributed by atoms with van der Waals surface area (Å²) in [7, 11) is 2.14. The highest BCUT2D eigenvalue weighted by atomic mass is 32.2. The van der Waals surface area contributed by atoms with Crippen molar-refractivity contribution in [3.8, 4) is 0 Å². The molecule has 1 N–H and O–H groups in total. The molecule has 4 rings (SSSR count). The molecule has 9 heteroatoms. The van der Waals surface area contributed by atoms with Crippen LogP contribution in [0.25, 0.3) is 0 Å². The molecule has 0 aromatic carbocycles. The van der Waals surface area contributed by atoms with Crippen molar-refractivity contribution in [3.05, 3.63) is 42.5 Å². The van der Waals surface area contributed by atoms with Crippen molar-refractivity contribution in [2.75, 3.05) is 43.4 Å². The summed E-state index contributed by atoms with van der Waals surface area (Å²) in [5, 5.41) is 4.51. The van der Waals surface area contributed by atoms with Crippen molar-refractivity contribution >= 4 is 29.5 Å². The van der Waals surface area contributed by atoms with Gasteiger partial charge in [-0.05, 0) is 13.5 Å². The first-order valence-electron chi connectivity index (χ1n) is 9.97. The van der Waals surface area contributed by atoms with Crippen LogP contribution in [0.2, 0.25) is 0 Å². The first-order valence-corrected chi connectivity index (χ1v) is 10.8. The van der Waals surface area contributed by atoms with E-state index in [1.807, 2.05) is 6.92 Å². The van der Waals surface area contributed by atoms with Crippen LogP contribution >= 0.6 is 11.8 Å². The second-order valence-corrected chi connectivity index (χ2v) is 8.35. The van der Waals surface area contributed by atoms with Gasteiger partial charge in [-0.2, -0.15) is 15.0 Å². The first-order chi connectivity index (χ1) is 14.2. The third-order valence-corrected chi connectivity index (χ3v) is 5.96. The Bertz CT molecular complexity index is 875. The molecule has 0 radical (unpaired) electrons. The molecule has 2 aliphatic rings. The fraction of sp³-hybridized carbons (Fsp3) is 0.450. The fourth-order valence-electron chi connectivity index (χ4n) is 3.13. The Labute approximate surface area is 175 Å². The summed E-state index contributed by atoms with van der Waals surface area (Å²) in [6.45, 7) is 5.89. The van der Waals surface area contributed by atoms with Crippen molar-refractivity contribution in [3.63, 3.8) is 0 Å². The number of allylic oxidation sites excluding steroid dienone is 3. The van der Waals surface area contributed by atoms with Crippen molar-refractivity contribution in [1.82, 2.24) is 29.8 Å². The van der Waals surface area contributed by atoms with Gasteiger partial charge in [0.05, 0.1) is 12.4 Å². The van der Waals surface area contributed by atoms with Crippen LogP contribution in [0.1, 0.15) is 19.2 Å². The molecular formula is C20H26N8S. The van der Waals surface area contributed by atoms with Crippen molar-refractivity contribution < 1.29 is 0 Å². The second-order valence-electron chi connectivity index (χ2n) is 7.09. The average Bonchev–Trinajstić information content (AvgIpc) is 2.76. The predicted molar refractivity (Wildman–Crippen MR) is 117 cm³/mol. The van der Waals surface area contributed by atoms with Crippen LogP contribution in [0.15, 0.2) is 41.7 Å². The molecule has 8 nitrogen and oxygen atoms in total. The minimum Gasteiger partial charge on any atom is -0.338 e. The van der Waals surface area contributed by atoms with E-state index in [0.29, 0.717) is 17.0 Å². The monoisotopic (exact) mass is 410 g/mol. The van der Waals surface area contributed by atoms with Crippen molar-refractivity contribution in [2.24, 2.45) is 0 Å². The molecule has 1 aliphatic heterocycles. The molecular weight excluding hydrogens is 384 g/mol. The highest BCUT2D eigenvalue weighted by Crippen LogP contribution is 2.26. The molecule has 0 bridgehead atoms. The van der Waals surface area contributed by atoms with E-state index in [9.17, 15) is 0 Å². The normalized spacial score (nSPS) is 19.5. The maximum atomic E-state index is 4.63. The van der Waals surface area contributed by atoms with E-state index in [1.165, 1.54) is 0 Å². The zero-order chi connectivity index (χ0) is 20.1. The number of rotatable bonds is 6. The molecule has 2 aromatic heterocycles. The van der Waals surface area contributed by atoms with E-state index >= 15 is 0 Å². The number of anilines is 3. The molecule has 1 unspecified atom stereocenters. The highest BCUT2D eigenvalue weighted by molar-refractivity contribution is 8.00. The summed E-state index contributed by atoms with van der Waals surface area (Å²) in [6.07, 6.45) is 13.8. The van der Waals surface area contributed by atoms with Gasteiger partial charge < -0.3 is 15.1 Å². The summed E-state index contributed by atoms with van der Waals surface area (Å²) in [6, 6.07) is 0. The van der Waals surface area contributed by atoms with Gasteiger partial charge in [0.1, 0.15) is 10.9 Å². The number of thioether (sulfide) groups is 1. The molecule has 152 valence electrons. The van der Waals surface area contributed by atoms with Gasteiger partial charge in [-0.15, -0.1) is 0 Å². The molecule has 29 heavy (non-hydrogen) atoms. The number of nitrogens with zero attached hydrogens (tertiary/aromatic N) is 7.